The first-order valence-electron chi connectivity index (χ1n) is 5.38. The Morgan fingerprint density at radius 1 is 1.33 bits per heavy atom. The summed E-state index contributed by atoms with van der Waals surface area (Å²) < 4.78 is 10.5. The number of esters is 1. The van der Waals surface area contributed by atoms with E-state index in [0.29, 0.717) is 6.61 Å². The lowest BCUT2D eigenvalue weighted by molar-refractivity contribution is -0.148. The Balaban J connectivity index is 2.09. The molecule has 0 aromatic rings. The van der Waals surface area contributed by atoms with Gasteiger partial charge in [-0.05, 0) is 26.7 Å². The number of carbonyl (C=O) groups is 2. The molecule has 2 atom stereocenters. The Hall–Kier alpha value is -0.900. The molecule has 86 valence electrons. The van der Waals surface area contributed by atoms with Crippen LogP contribution in [0.1, 0.15) is 39.5 Å². The van der Waals surface area contributed by atoms with Gasteiger partial charge < -0.3 is 14.3 Å². The van der Waals surface area contributed by atoms with Gasteiger partial charge in [0.2, 0.25) is 0 Å². The number of ketones is 1. The molecule has 0 radical (unpaired) electrons. The molecular formula is C11H18O4. The van der Waals surface area contributed by atoms with Gasteiger partial charge in [-0.1, -0.05) is 0 Å². The van der Waals surface area contributed by atoms with E-state index >= 15 is 0 Å². The van der Waals surface area contributed by atoms with Crippen molar-refractivity contribution in [1.82, 2.24) is 0 Å². The Kier molecular flexibility index (Phi) is 4.75. The van der Waals surface area contributed by atoms with Crippen molar-refractivity contribution < 1.29 is 19.1 Å². The van der Waals surface area contributed by atoms with Crippen LogP contribution < -0.4 is 0 Å². The van der Waals surface area contributed by atoms with E-state index < -0.39 is 0 Å². The molecule has 0 N–H and O–H groups in total. The quantitative estimate of drug-likeness (QED) is 0.650. The zero-order valence-corrected chi connectivity index (χ0v) is 9.32. The van der Waals surface area contributed by atoms with Crippen LogP contribution in [-0.2, 0) is 19.1 Å². The second-order valence-electron chi connectivity index (χ2n) is 4.03. The Bertz CT molecular complexity index is 237. The summed E-state index contributed by atoms with van der Waals surface area (Å²) in [6, 6.07) is 0. The molecule has 0 unspecified atom stereocenters. The van der Waals surface area contributed by atoms with Gasteiger partial charge in [-0.15, -0.1) is 0 Å². The van der Waals surface area contributed by atoms with Crippen molar-refractivity contribution in [3.8, 4) is 0 Å². The number of rotatable bonds is 5. The van der Waals surface area contributed by atoms with Gasteiger partial charge in [0.05, 0.1) is 18.6 Å². The molecule has 1 heterocycles. The summed E-state index contributed by atoms with van der Waals surface area (Å²) in [6.07, 6.45) is 2.72. The van der Waals surface area contributed by atoms with Crippen LogP contribution >= 0.6 is 0 Å². The third-order valence-electron chi connectivity index (χ3n) is 2.43. The Labute approximate surface area is 89.9 Å². The molecule has 1 aliphatic heterocycles. The van der Waals surface area contributed by atoms with Crippen LogP contribution in [0.3, 0.4) is 0 Å². The number of carbonyl (C=O) groups excluding carboxylic acids is 2. The van der Waals surface area contributed by atoms with Gasteiger partial charge in [0.15, 0.2) is 0 Å². The van der Waals surface area contributed by atoms with Crippen molar-refractivity contribution in [3.05, 3.63) is 0 Å². The summed E-state index contributed by atoms with van der Waals surface area (Å²) in [7, 11) is 0. The minimum Gasteiger partial charge on any atom is -0.463 e. The van der Waals surface area contributed by atoms with Crippen molar-refractivity contribution in [2.24, 2.45) is 0 Å². The van der Waals surface area contributed by atoms with E-state index in [9.17, 15) is 9.59 Å². The molecule has 1 fully saturated rings. The number of ether oxygens (including phenoxy) is 2. The molecule has 0 aliphatic carbocycles. The molecule has 0 aromatic heterocycles. The molecule has 15 heavy (non-hydrogen) atoms. The predicted octanol–water partition coefficient (Wildman–Crippen LogP) is 1.47. The highest BCUT2D eigenvalue weighted by atomic mass is 16.6. The second-order valence-corrected chi connectivity index (χ2v) is 4.03. The minimum atomic E-state index is -0.312. The third kappa shape index (κ3) is 4.93. The van der Waals surface area contributed by atoms with Crippen molar-refractivity contribution in [2.45, 2.75) is 51.7 Å². The van der Waals surface area contributed by atoms with Gasteiger partial charge in [0.1, 0.15) is 12.4 Å². The van der Waals surface area contributed by atoms with Crippen LogP contribution in [-0.4, -0.2) is 30.6 Å². The molecule has 0 bridgehead atoms. The second kappa shape index (κ2) is 5.85. The lowest BCUT2D eigenvalue weighted by atomic mass is 10.2. The Morgan fingerprint density at radius 2 is 2.07 bits per heavy atom. The van der Waals surface area contributed by atoms with Gasteiger partial charge in [-0.2, -0.15) is 0 Å². The highest BCUT2D eigenvalue weighted by Crippen LogP contribution is 2.19. The van der Waals surface area contributed by atoms with Gasteiger partial charge in [0, 0.05) is 6.42 Å². The smallest absolute Gasteiger partial charge is 0.306 e. The topological polar surface area (TPSA) is 52.6 Å². The van der Waals surface area contributed by atoms with E-state index in [0.717, 1.165) is 12.8 Å². The normalized spacial score (nSPS) is 25.2. The van der Waals surface area contributed by atoms with Crippen LogP contribution in [0.25, 0.3) is 0 Å². The fourth-order valence-electron chi connectivity index (χ4n) is 1.54. The maximum atomic E-state index is 11.2. The van der Waals surface area contributed by atoms with Crippen molar-refractivity contribution in [1.29, 1.82) is 0 Å². The van der Waals surface area contributed by atoms with Crippen molar-refractivity contribution in [2.75, 3.05) is 6.61 Å². The first-order chi connectivity index (χ1) is 7.08. The maximum Gasteiger partial charge on any atom is 0.306 e. The molecular weight excluding hydrogens is 196 g/mol. The predicted molar refractivity (Wildman–Crippen MR) is 54.4 cm³/mol. The van der Waals surface area contributed by atoms with Crippen molar-refractivity contribution in [3.63, 3.8) is 0 Å². The summed E-state index contributed by atoms with van der Waals surface area (Å²) in [5.41, 5.74) is 0. The van der Waals surface area contributed by atoms with Gasteiger partial charge in [-0.25, -0.2) is 0 Å². The molecule has 0 amide bonds. The van der Waals surface area contributed by atoms with E-state index in [2.05, 4.69) is 0 Å². The van der Waals surface area contributed by atoms with E-state index in [1.54, 1.807) is 0 Å². The molecule has 0 saturated carbocycles. The maximum absolute atomic E-state index is 11.2. The van der Waals surface area contributed by atoms with E-state index in [1.807, 2.05) is 6.92 Å². The van der Waals surface area contributed by atoms with E-state index in [4.69, 9.17) is 9.47 Å². The van der Waals surface area contributed by atoms with Crippen LogP contribution in [0, 0.1) is 0 Å². The molecule has 1 aliphatic rings. The largest absolute Gasteiger partial charge is 0.463 e. The average molecular weight is 214 g/mol. The average Bonchev–Trinajstić information content (AvgIpc) is 2.58. The van der Waals surface area contributed by atoms with Crippen LogP contribution in [0.5, 0.6) is 0 Å². The summed E-state index contributed by atoms with van der Waals surface area (Å²) in [6.45, 7) is 3.80. The van der Waals surface area contributed by atoms with E-state index in [-0.39, 0.29) is 36.8 Å². The first kappa shape index (κ1) is 12.2. The number of hydrogen-bond donors (Lipinski definition) is 0. The van der Waals surface area contributed by atoms with Crippen LogP contribution in [0.4, 0.5) is 0 Å². The summed E-state index contributed by atoms with van der Waals surface area (Å²) >= 11 is 0. The fraction of sp³-hybridized carbons (Fsp3) is 0.818. The van der Waals surface area contributed by atoms with Gasteiger partial charge in [0.25, 0.3) is 0 Å². The summed E-state index contributed by atoms with van der Waals surface area (Å²) in [5, 5.41) is 0. The van der Waals surface area contributed by atoms with Gasteiger partial charge >= 0.3 is 5.97 Å². The lowest BCUT2D eigenvalue weighted by Crippen LogP contribution is -2.19. The highest BCUT2D eigenvalue weighted by Gasteiger charge is 2.22. The van der Waals surface area contributed by atoms with Crippen LogP contribution in [0.15, 0.2) is 0 Å². The zero-order chi connectivity index (χ0) is 11.3. The molecule has 4 heteroatoms. The fourth-order valence-corrected chi connectivity index (χ4v) is 1.54. The standard InChI is InChI=1S/C11H18O4/c1-8(12)3-6-11(13)14-7-10-5-4-9(2)15-10/h9-10H,3-7H2,1-2H3/t9-,10-/m0/s1. The molecule has 0 aromatic carbocycles. The summed E-state index contributed by atoms with van der Waals surface area (Å²) in [5.74, 6) is -0.300. The molecule has 4 nitrogen and oxygen atoms in total. The minimum absolute atomic E-state index is 0.0117. The number of hydrogen-bond acceptors (Lipinski definition) is 4. The van der Waals surface area contributed by atoms with E-state index in [1.165, 1.54) is 6.92 Å². The van der Waals surface area contributed by atoms with Crippen LogP contribution in [0.2, 0.25) is 0 Å². The SMILES string of the molecule is CC(=O)CCC(=O)OC[C@@H]1CC[C@H](C)O1. The first-order valence-corrected chi connectivity index (χ1v) is 5.38. The zero-order valence-electron chi connectivity index (χ0n) is 9.32. The molecule has 1 rings (SSSR count). The van der Waals surface area contributed by atoms with Gasteiger partial charge in [-0.3, -0.25) is 4.79 Å². The summed E-state index contributed by atoms with van der Waals surface area (Å²) in [4.78, 5) is 21.8. The monoisotopic (exact) mass is 214 g/mol. The van der Waals surface area contributed by atoms with Crippen molar-refractivity contribution >= 4 is 11.8 Å². The third-order valence-corrected chi connectivity index (χ3v) is 2.43. The molecule has 0 spiro atoms. The molecule has 1 saturated heterocycles. The highest BCUT2D eigenvalue weighted by molar-refractivity contribution is 5.80. The Morgan fingerprint density at radius 3 is 2.60 bits per heavy atom. The lowest BCUT2D eigenvalue weighted by Gasteiger charge is -2.11. The number of Topliss-reactive ketones (excluding diaryl/α,β-unsaturated/α-hetero) is 1.